The first-order valence-electron chi connectivity index (χ1n) is 10.2. The predicted molar refractivity (Wildman–Crippen MR) is 122 cm³/mol. The van der Waals surface area contributed by atoms with E-state index in [1.54, 1.807) is 30.6 Å². The van der Waals surface area contributed by atoms with Crippen LogP contribution in [0.5, 0.6) is 0 Å². The van der Waals surface area contributed by atoms with Gasteiger partial charge in [-0.3, -0.25) is 9.55 Å². The van der Waals surface area contributed by atoms with Gasteiger partial charge in [0.2, 0.25) is 0 Å². The minimum absolute atomic E-state index is 0.101. The van der Waals surface area contributed by atoms with Crippen LogP contribution in [0.15, 0.2) is 84.3 Å². The second-order valence-corrected chi connectivity index (χ2v) is 8.18. The number of aliphatic hydroxyl groups excluding tert-OH is 1. The number of hydrogen-bond acceptors (Lipinski definition) is 6. The van der Waals surface area contributed by atoms with Crippen molar-refractivity contribution in [2.24, 2.45) is 0 Å². The standard InChI is InChI=1S/C24H23FN4O2S/c25-22-11-5-4-9-20(22)15-31-16-21(30)17-32-24-28-27-23(19-10-6-12-26-13-19)29(24)14-18-7-2-1-3-8-18/h1-13,21,30H,14-17H2. The zero-order valence-electron chi connectivity index (χ0n) is 17.3. The Morgan fingerprint density at radius 1 is 1.00 bits per heavy atom. The summed E-state index contributed by atoms with van der Waals surface area (Å²) in [7, 11) is 0. The van der Waals surface area contributed by atoms with Crippen molar-refractivity contribution in [3.63, 3.8) is 0 Å². The van der Waals surface area contributed by atoms with Crippen molar-refractivity contribution < 1.29 is 14.2 Å². The van der Waals surface area contributed by atoms with Crippen LogP contribution in [0.2, 0.25) is 0 Å². The molecule has 4 aromatic rings. The van der Waals surface area contributed by atoms with Gasteiger partial charge in [0.05, 0.1) is 25.9 Å². The van der Waals surface area contributed by atoms with Crippen molar-refractivity contribution in [1.29, 1.82) is 0 Å². The Kier molecular flexibility index (Phi) is 7.60. The highest BCUT2D eigenvalue weighted by Crippen LogP contribution is 2.25. The van der Waals surface area contributed by atoms with Crippen molar-refractivity contribution in [2.45, 2.75) is 24.4 Å². The molecule has 2 heterocycles. The molecule has 2 aromatic carbocycles. The van der Waals surface area contributed by atoms with Gasteiger partial charge in [0.1, 0.15) is 5.82 Å². The first-order valence-corrected chi connectivity index (χ1v) is 11.2. The minimum Gasteiger partial charge on any atom is -0.390 e. The lowest BCUT2D eigenvalue weighted by Crippen LogP contribution is -2.18. The van der Waals surface area contributed by atoms with Gasteiger partial charge in [-0.2, -0.15) is 0 Å². The monoisotopic (exact) mass is 450 g/mol. The molecule has 0 aliphatic carbocycles. The summed E-state index contributed by atoms with van der Waals surface area (Å²) >= 11 is 1.40. The highest BCUT2D eigenvalue weighted by Gasteiger charge is 2.17. The smallest absolute Gasteiger partial charge is 0.191 e. The van der Waals surface area contributed by atoms with Crippen LogP contribution >= 0.6 is 11.8 Å². The number of nitrogens with zero attached hydrogens (tertiary/aromatic N) is 4. The van der Waals surface area contributed by atoms with Gasteiger partial charge >= 0.3 is 0 Å². The van der Waals surface area contributed by atoms with Crippen molar-refractivity contribution >= 4 is 11.8 Å². The van der Waals surface area contributed by atoms with Crippen LogP contribution in [0.4, 0.5) is 4.39 Å². The summed E-state index contributed by atoms with van der Waals surface area (Å²) in [5.74, 6) is 0.778. The molecule has 0 amide bonds. The lowest BCUT2D eigenvalue weighted by atomic mass is 10.2. The highest BCUT2D eigenvalue weighted by atomic mass is 32.2. The molecule has 32 heavy (non-hydrogen) atoms. The van der Waals surface area contributed by atoms with Gasteiger partial charge in [0.15, 0.2) is 11.0 Å². The van der Waals surface area contributed by atoms with Gasteiger partial charge in [-0.15, -0.1) is 10.2 Å². The molecule has 1 atom stereocenters. The average Bonchev–Trinajstić information content (AvgIpc) is 3.22. The maximum atomic E-state index is 13.7. The van der Waals surface area contributed by atoms with Gasteiger partial charge in [-0.25, -0.2) is 4.39 Å². The molecule has 0 saturated carbocycles. The average molecular weight is 451 g/mol. The molecule has 0 saturated heterocycles. The number of rotatable bonds is 10. The van der Waals surface area contributed by atoms with E-state index >= 15 is 0 Å². The van der Waals surface area contributed by atoms with E-state index < -0.39 is 6.10 Å². The van der Waals surface area contributed by atoms with Crippen LogP contribution < -0.4 is 0 Å². The molecule has 0 aliphatic heterocycles. The van der Waals surface area contributed by atoms with Gasteiger partial charge in [0.25, 0.3) is 0 Å². The molecule has 2 aromatic heterocycles. The van der Waals surface area contributed by atoms with Gasteiger partial charge in [-0.1, -0.05) is 60.3 Å². The van der Waals surface area contributed by atoms with E-state index in [0.29, 0.717) is 23.0 Å². The molecule has 164 valence electrons. The van der Waals surface area contributed by atoms with Crippen LogP contribution in [0.25, 0.3) is 11.4 Å². The molecule has 0 spiro atoms. The summed E-state index contributed by atoms with van der Waals surface area (Å²) < 4.78 is 21.2. The fourth-order valence-electron chi connectivity index (χ4n) is 3.15. The summed E-state index contributed by atoms with van der Waals surface area (Å²) in [6.07, 6.45) is 2.75. The van der Waals surface area contributed by atoms with Crippen molar-refractivity contribution in [3.05, 3.63) is 96.1 Å². The molecular weight excluding hydrogens is 427 g/mol. The number of pyridine rings is 1. The summed E-state index contributed by atoms with van der Waals surface area (Å²) in [5, 5.41) is 19.8. The molecule has 4 rings (SSSR count). The second-order valence-electron chi connectivity index (χ2n) is 7.19. The topological polar surface area (TPSA) is 73.1 Å². The minimum atomic E-state index is -0.726. The zero-order valence-corrected chi connectivity index (χ0v) is 18.2. The predicted octanol–water partition coefficient (Wildman–Crippen LogP) is 4.20. The van der Waals surface area contributed by atoms with E-state index in [4.69, 9.17) is 4.74 Å². The van der Waals surface area contributed by atoms with Crippen LogP contribution in [-0.4, -0.2) is 43.3 Å². The Labute approximate surface area is 190 Å². The lowest BCUT2D eigenvalue weighted by molar-refractivity contribution is 0.0386. The van der Waals surface area contributed by atoms with Crippen LogP contribution in [0.1, 0.15) is 11.1 Å². The van der Waals surface area contributed by atoms with Gasteiger partial charge in [-0.05, 0) is 23.8 Å². The number of aliphatic hydroxyl groups is 1. The lowest BCUT2D eigenvalue weighted by Gasteiger charge is -2.13. The van der Waals surface area contributed by atoms with E-state index in [9.17, 15) is 9.50 Å². The van der Waals surface area contributed by atoms with Crippen molar-refractivity contribution in [1.82, 2.24) is 19.7 Å². The van der Waals surface area contributed by atoms with Crippen LogP contribution in [-0.2, 0) is 17.9 Å². The number of ether oxygens (including phenoxy) is 1. The van der Waals surface area contributed by atoms with E-state index in [1.807, 2.05) is 47.0 Å². The number of thioether (sulfide) groups is 1. The number of benzene rings is 2. The van der Waals surface area contributed by atoms with Gasteiger partial charge < -0.3 is 9.84 Å². The summed E-state index contributed by atoms with van der Waals surface area (Å²) in [4.78, 5) is 4.19. The third-order valence-corrected chi connectivity index (χ3v) is 5.86. The number of halogens is 1. The summed E-state index contributed by atoms with van der Waals surface area (Å²) in [6.45, 7) is 0.813. The maximum absolute atomic E-state index is 13.7. The molecule has 0 bridgehead atoms. The molecule has 0 fully saturated rings. The Balaban J connectivity index is 1.41. The molecule has 1 N–H and O–H groups in total. The fourth-order valence-corrected chi connectivity index (χ4v) is 3.99. The second kappa shape index (κ2) is 11.0. The Bertz CT molecular complexity index is 1130. The first kappa shape index (κ1) is 22.1. The summed E-state index contributed by atoms with van der Waals surface area (Å²) in [5.41, 5.74) is 2.46. The maximum Gasteiger partial charge on any atom is 0.191 e. The normalized spacial score (nSPS) is 12.1. The third-order valence-electron chi connectivity index (χ3n) is 4.75. The van der Waals surface area contributed by atoms with E-state index in [1.165, 1.54) is 17.8 Å². The van der Waals surface area contributed by atoms with Gasteiger partial charge in [0, 0.05) is 29.3 Å². The van der Waals surface area contributed by atoms with Crippen molar-refractivity contribution in [2.75, 3.05) is 12.4 Å². The molecule has 0 radical (unpaired) electrons. The number of aromatic nitrogens is 4. The highest BCUT2D eigenvalue weighted by molar-refractivity contribution is 7.99. The molecular formula is C24H23FN4O2S. The molecule has 1 unspecified atom stereocenters. The Hall–Kier alpha value is -3.07. The third kappa shape index (κ3) is 5.79. The molecule has 0 aliphatic rings. The fraction of sp³-hybridized carbons (Fsp3) is 0.208. The van der Waals surface area contributed by atoms with Crippen LogP contribution in [0, 0.1) is 5.82 Å². The zero-order chi connectivity index (χ0) is 22.2. The summed E-state index contributed by atoms with van der Waals surface area (Å²) in [6, 6.07) is 20.3. The number of hydrogen-bond donors (Lipinski definition) is 1. The van der Waals surface area contributed by atoms with E-state index in [0.717, 1.165) is 17.0 Å². The van der Waals surface area contributed by atoms with E-state index in [-0.39, 0.29) is 19.0 Å². The largest absolute Gasteiger partial charge is 0.390 e. The SMILES string of the molecule is OC(COCc1ccccc1F)CSc1nnc(-c2cccnc2)n1Cc1ccccc1. The first-order chi connectivity index (χ1) is 15.7. The Morgan fingerprint density at radius 2 is 1.81 bits per heavy atom. The van der Waals surface area contributed by atoms with Crippen molar-refractivity contribution in [3.8, 4) is 11.4 Å². The Morgan fingerprint density at radius 3 is 2.59 bits per heavy atom. The van der Waals surface area contributed by atoms with E-state index in [2.05, 4.69) is 15.2 Å². The quantitative estimate of drug-likeness (QED) is 0.365. The van der Waals surface area contributed by atoms with Crippen LogP contribution in [0.3, 0.4) is 0 Å². The molecule has 6 nitrogen and oxygen atoms in total. The molecule has 8 heteroatoms.